The normalized spacial score (nSPS) is 12.3. The Morgan fingerprint density at radius 2 is 1.04 bits per heavy atom. The number of halogens is 2. The second-order valence-electron chi connectivity index (χ2n) is 6.37. The fourth-order valence-electron chi connectivity index (χ4n) is 2.62. The first-order chi connectivity index (χ1) is 11.6. The lowest BCUT2D eigenvalue weighted by Gasteiger charge is -2.40. The van der Waals surface area contributed by atoms with Crippen LogP contribution in [0.25, 0.3) is 0 Å². The minimum absolute atomic E-state index is 0.891. The van der Waals surface area contributed by atoms with Crippen molar-refractivity contribution in [3.8, 4) is 0 Å². The van der Waals surface area contributed by atoms with Crippen LogP contribution in [-0.4, -0.2) is 47.4 Å². The minimum atomic E-state index is -1.75. The highest BCUT2D eigenvalue weighted by Crippen LogP contribution is 2.63. The van der Waals surface area contributed by atoms with Crippen LogP contribution in [0.1, 0.15) is 79.1 Å². The van der Waals surface area contributed by atoms with E-state index in [1.54, 1.807) is 0 Å². The first-order valence-corrected chi connectivity index (χ1v) is 14.7. The summed E-state index contributed by atoms with van der Waals surface area (Å²) in [6, 6.07) is -1.75. The van der Waals surface area contributed by atoms with Gasteiger partial charge in [0.2, 0.25) is 0 Å². The molecule has 0 saturated carbocycles. The Morgan fingerprint density at radius 3 is 1.29 bits per heavy atom. The standard InChI is InChI=1S/C18H40Br2N3P/c1-5-9-15-22(16-10-6-2)24(20,21-14-13-19)23(17-11-7-3)18-12-8-4/h5-18H2,1-4H3. The first kappa shape index (κ1) is 25.1. The van der Waals surface area contributed by atoms with Crippen LogP contribution >= 0.6 is 37.5 Å². The van der Waals surface area contributed by atoms with E-state index < -0.39 is 6.06 Å². The molecule has 0 aromatic carbocycles. The highest BCUT2D eigenvalue weighted by molar-refractivity contribution is 9.40. The summed E-state index contributed by atoms with van der Waals surface area (Å²) < 4.78 is 10.6. The van der Waals surface area contributed by atoms with Crippen molar-refractivity contribution < 1.29 is 0 Å². The van der Waals surface area contributed by atoms with E-state index in [0.717, 1.165) is 38.1 Å². The maximum atomic E-state index is 5.22. The number of hydrogen-bond acceptors (Lipinski definition) is 1. The summed E-state index contributed by atoms with van der Waals surface area (Å²) in [5.74, 6) is 0. The van der Waals surface area contributed by atoms with Gasteiger partial charge in [-0.05, 0) is 41.2 Å². The molecule has 0 spiro atoms. The SMILES string of the molecule is CCCCN(CCCC)P(Br)(=NCCBr)N(CCCC)CCCC. The van der Waals surface area contributed by atoms with Crippen LogP contribution < -0.4 is 0 Å². The summed E-state index contributed by atoms with van der Waals surface area (Å²) in [6.07, 6.45) is 10.0. The summed E-state index contributed by atoms with van der Waals surface area (Å²) in [4.78, 5) is 0. The molecule has 6 heteroatoms. The Morgan fingerprint density at radius 1 is 0.708 bits per heavy atom. The number of hydrogen-bond donors (Lipinski definition) is 0. The summed E-state index contributed by atoms with van der Waals surface area (Å²) in [7, 11) is 0. The van der Waals surface area contributed by atoms with Gasteiger partial charge in [-0.2, -0.15) is 0 Å². The van der Waals surface area contributed by atoms with Gasteiger partial charge in [0.1, 0.15) is 0 Å². The van der Waals surface area contributed by atoms with Gasteiger partial charge in [-0.3, -0.25) is 4.74 Å². The Kier molecular flexibility index (Phi) is 17.0. The van der Waals surface area contributed by atoms with E-state index in [4.69, 9.17) is 4.74 Å². The predicted octanol–water partition coefficient (Wildman–Crippen LogP) is 7.53. The summed E-state index contributed by atoms with van der Waals surface area (Å²) >= 11 is 7.79. The molecule has 0 rings (SSSR count). The molecule has 0 unspecified atom stereocenters. The zero-order valence-corrected chi connectivity index (χ0v) is 20.5. The molecule has 0 heterocycles. The fourth-order valence-corrected chi connectivity index (χ4v) is 8.10. The monoisotopic (exact) mass is 487 g/mol. The molecule has 0 aromatic rings. The van der Waals surface area contributed by atoms with Crippen LogP contribution in [0.3, 0.4) is 0 Å². The fraction of sp³-hybridized carbons (Fsp3) is 1.00. The molecule has 0 amide bonds. The second kappa shape index (κ2) is 16.3. The lowest BCUT2D eigenvalue weighted by atomic mass is 10.3. The average Bonchev–Trinajstić information content (AvgIpc) is 2.59. The third-order valence-electron chi connectivity index (χ3n) is 4.16. The van der Waals surface area contributed by atoms with E-state index in [0.29, 0.717) is 0 Å². The summed E-state index contributed by atoms with van der Waals surface area (Å²) in [5, 5.41) is 0.950. The molecule has 24 heavy (non-hydrogen) atoms. The van der Waals surface area contributed by atoms with Crippen molar-refractivity contribution in [2.24, 2.45) is 4.74 Å². The highest BCUT2D eigenvalue weighted by atomic mass is 79.9. The van der Waals surface area contributed by atoms with Crippen LogP contribution in [0.5, 0.6) is 0 Å². The van der Waals surface area contributed by atoms with Crippen molar-refractivity contribution in [3.63, 3.8) is 0 Å². The lowest BCUT2D eigenvalue weighted by Crippen LogP contribution is -2.32. The molecule has 0 saturated heterocycles. The molecule has 0 N–H and O–H groups in total. The van der Waals surface area contributed by atoms with Crippen LogP contribution in [0.15, 0.2) is 4.74 Å². The van der Waals surface area contributed by atoms with Gasteiger partial charge in [-0.15, -0.1) is 0 Å². The van der Waals surface area contributed by atoms with E-state index in [-0.39, 0.29) is 0 Å². The molecule has 0 fully saturated rings. The van der Waals surface area contributed by atoms with Gasteiger partial charge in [0.25, 0.3) is 0 Å². The van der Waals surface area contributed by atoms with Crippen molar-refractivity contribution in [2.45, 2.75) is 79.1 Å². The number of unbranched alkanes of at least 4 members (excludes halogenated alkanes) is 4. The molecule has 0 radical (unpaired) electrons. The van der Waals surface area contributed by atoms with E-state index in [1.807, 2.05) is 0 Å². The number of alkyl halides is 1. The third-order valence-corrected chi connectivity index (χ3v) is 10.7. The second-order valence-corrected chi connectivity index (χ2v) is 12.4. The van der Waals surface area contributed by atoms with Crippen LogP contribution in [0, 0.1) is 0 Å². The highest BCUT2D eigenvalue weighted by Gasteiger charge is 2.30. The molecule has 0 aliphatic heterocycles. The van der Waals surface area contributed by atoms with E-state index in [1.165, 1.54) is 51.4 Å². The zero-order chi connectivity index (χ0) is 18.3. The number of nitrogens with zero attached hydrogens (tertiary/aromatic N) is 3. The molecule has 0 aliphatic carbocycles. The lowest BCUT2D eigenvalue weighted by molar-refractivity contribution is 0.364. The summed E-state index contributed by atoms with van der Waals surface area (Å²) in [5.41, 5.74) is 0. The Labute approximate surface area is 168 Å². The maximum absolute atomic E-state index is 5.22. The molecule has 0 aliphatic rings. The van der Waals surface area contributed by atoms with Crippen molar-refractivity contribution in [1.29, 1.82) is 0 Å². The Hall–Kier alpha value is 1.11. The van der Waals surface area contributed by atoms with Crippen molar-refractivity contribution >= 4 is 37.5 Å². The van der Waals surface area contributed by atoms with Crippen LogP contribution in [0.2, 0.25) is 0 Å². The molecule has 0 aromatic heterocycles. The van der Waals surface area contributed by atoms with Gasteiger partial charge in [-0.25, -0.2) is 9.34 Å². The molecule has 0 bridgehead atoms. The van der Waals surface area contributed by atoms with Crippen LogP contribution in [-0.2, 0) is 0 Å². The third kappa shape index (κ3) is 9.71. The van der Waals surface area contributed by atoms with Crippen molar-refractivity contribution in [1.82, 2.24) is 9.34 Å². The van der Waals surface area contributed by atoms with Crippen molar-refractivity contribution in [3.05, 3.63) is 0 Å². The molecule has 146 valence electrons. The summed E-state index contributed by atoms with van der Waals surface area (Å²) in [6.45, 7) is 14.7. The topological polar surface area (TPSA) is 18.8 Å². The van der Waals surface area contributed by atoms with E-state index >= 15 is 0 Å². The Bertz CT molecular complexity index is 300. The zero-order valence-electron chi connectivity index (χ0n) is 16.4. The smallest absolute Gasteiger partial charge is 0.162 e. The molecule has 3 nitrogen and oxygen atoms in total. The average molecular weight is 489 g/mol. The van der Waals surface area contributed by atoms with E-state index in [2.05, 4.69) is 68.5 Å². The van der Waals surface area contributed by atoms with Gasteiger partial charge >= 0.3 is 0 Å². The van der Waals surface area contributed by atoms with Gasteiger partial charge in [-0.1, -0.05) is 69.3 Å². The quantitative estimate of drug-likeness (QED) is 0.165. The van der Waals surface area contributed by atoms with Gasteiger partial charge in [0.05, 0.1) is 6.54 Å². The largest absolute Gasteiger partial charge is 0.264 e. The van der Waals surface area contributed by atoms with Crippen molar-refractivity contribution in [2.75, 3.05) is 38.1 Å². The van der Waals surface area contributed by atoms with Gasteiger partial charge < -0.3 is 0 Å². The minimum Gasteiger partial charge on any atom is -0.264 e. The van der Waals surface area contributed by atoms with Gasteiger partial charge in [0.15, 0.2) is 6.06 Å². The number of rotatable bonds is 16. The Balaban J connectivity index is 5.51. The maximum Gasteiger partial charge on any atom is 0.162 e. The molecular weight excluding hydrogens is 449 g/mol. The van der Waals surface area contributed by atoms with Gasteiger partial charge in [0, 0.05) is 31.5 Å². The van der Waals surface area contributed by atoms with Crippen LogP contribution in [0.4, 0.5) is 0 Å². The molecular formula is C18H40Br2N3P. The van der Waals surface area contributed by atoms with E-state index in [9.17, 15) is 0 Å². The predicted molar refractivity (Wildman–Crippen MR) is 120 cm³/mol. The first-order valence-electron chi connectivity index (χ1n) is 9.95. The molecule has 0 atom stereocenters.